The van der Waals surface area contributed by atoms with Crippen LogP contribution < -0.4 is 0 Å². The van der Waals surface area contributed by atoms with Crippen molar-refractivity contribution >= 4 is 21.7 Å². The summed E-state index contributed by atoms with van der Waals surface area (Å²) in [4.78, 5) is 14.1. The summed E-state index contributed by atoms with van der Waals surface area (Å²) in [6, 6.07) is 7.53. The number of halogens is 1. The second kappa shape index (κ2) is 8.40. The van der Waals surface area contributed by atoms with E-state index >= 15 is 0 Å². The van der Waals surface area contributed by atoms with Crippen LogP contribution in [0.3, 0.4) is 0 Å². The maximum absolute atomic E-state index is 11.9. The average Bonchev–Trinajstić information content (AvgIpc) is 2.37. The zero-order valence-electron chi connectivity index (χ0n) is 11.0. The number of Topliss-reactive ketones (excluding diaryl/α,β-unsaturated/α-hetero) is 1. The molecular formula is C14H20BrNO2. The van der Waals surface area contributed by atoms with Gasteiger partial charge < -0.3 is 9.64 Å². The van der Waals surface area contributed by atoms with Gasteiger partial charge in [0, 0.05) is 30.1 Å². The molecule has 0 N–H and O–H groups in total. The summed E-state index contributed by atoms with van der Waals surface area (Å²) in [6.07, 6.45) is 1.48. The normalized spacial score (nSPS) is 10.9. The molecule has 4 heteroatoms. The van der Waals surface area contributed by atoms with E-state index in [4.69, 9.17) is 4.74 Å². The number of hydrogen-bond acceptors (Lipinski definition) is 3. The molecule has 0 aromatic heterocycles. The van der Waals surface area contributed by atoms with Crippen molar-refractivity contribution in [3.8, 4) is 0 Å². The first-order valence-corrected chi connectivity index (χ1v) is 6.89. The smallest absolute Gasteiger partial charge is 0.162 e. The van der Waals surface area contributed by atoms with Crippen LogP contribution in [0.1, 0.15) is 23.2 Å². The van der Waals surface area contributed by atoms with Gasteiger partial charge in [-0.3, -0.25) is 4.79 Å². The predicted molar refractivity (Wildman–Crippen MR) is 77.1 cm³/mol. The lowest BCUT2D eigenvalue weighted by molar-refractivity contribution is 0.0974. The molecule has 3 nitrogen and oxygen atoms in total. The van der Waals surface area contributed by atoms with Gasteiger partial charge in [0.15, 0.2) is 5.78 Å². The van der Waals surface area contributed by atoms with Crippen molar-refractivity contribution in [2.45, 2.75) is 12.8 Å². The van der Waals surface area contributed by atoms with Crippen molar-refractivity contribution < 1.29 is 9.53 Å². The Bertz CT molecular complexity index is 365. The summed E-state index contributed by atoms with van der Waals surface area (Å²) in [5.41, 5.74) is 0.790. The van der Waals surface area contributed by atoms with Gasteiger partial charge >= 0.3 is 0 Å². The van der Waals surface area contributed by atoms with Crippen LogP contribution in [0.4, 0.5) is 0 Å². The first-order valence-electron chi connectivity index (χ1n) is 6.09. The van der Waals surface area contributed by atoms with E-state index in [1.54, 1.807) is 7.11 Å². The zero-order chi connectivity index (χ0) is 13.4. The van der Waals surface area contributed by atoms with Crippen molar-refractivity contribution in [3.05, 3.63) is 34.3 Å². The van der Waals surface area contributed by atoms with E-state index in [-0.39, 0.29) is 5.78 Å². The third-order valence-corrected chi connectivity index (χ3v) is 3.32. The number of rotatable bonds is 8. The number of carbonyl (C=O) groups is 1. The number of methoxy groups -OCH3 is 1. The second-order valence-corrected chi connectivity index (χ2v) is 5.25. The van der Waals surface area contributed by atoms with E-state index in [2.05, 4.69) is 20.8 Å². The molecule has 0 saturated heterocycles. The molecule has 100 valence electrons. The minimum absolute atomic E-state index is 0.211. The lowest BCUT2D eigenvalue weighted by Gasteiger charge is -2.15. The highest BCUT2D eigenvalue weighted by Crippen LogP contribution is 2.12. The van der Waals surface area contributed by atoms with Gasteiger partial charge in [0.2, 0.25) is 0 Å². The second-order valence-electron chi connectivity index (χ2n) is 4.33. The predicted octanol–water partition coefficient (Wildman–Crippen LogP) is 2.99. The van der Waals surface area contributed by atoms with Crippen molar-refractivity contribution in [1.29, 1.82) is 0 Å². The summed E-state index contributed by atoms with van der Waals surface area (Å²) in [7, 11) is 3.74. The number of nitrogens with zero attached hydrogens (tertiary/aromatic N) is 1. The van der Waals surface area contributed by atoms with E-state index in [0.717, 1.165) is 36.2 Å². The molecule has 0 fully saturated rings. The van der Waals surface area contributed by atoms with Crippen LogP contribution in [0.2, 0.25) is 0 Å². The van der Waals surface area contributed by atoms with Gasteiger partial charge in [0.25, 0.3) is 0 Å². The summed E-state index contributed by atoms with van der Waals surface area (Å²) in [6.45, 7) is 2.56. The van der Waals surface area contributed by atoms with Gasteiger partial charge in [-0.1, -0.05) is 28.1 Å². The van der Waals surface area contributed by atoms with Gasteiger partial charge in [-0.05, 0) is 32.1 Å². The SMILES string of the molecule is COCCN(C)CCCC(=O)c1ccc(Br)cc1. The Balaban J connectivity index is 2.27. The summed E-state index contributed by atoms with van der Waals surface area (Å²) < 4.78 is 6.01. The molecule has 0 aliphatic carbocycles. The number of likely N-dealkylation sites (N-methyl/N-ethyl adjacent to an activating group) is 1. The first kappa shape index (κ1) is 15.3. The third-order valence-electron chi connectivity index (χ3n) is 2.79. The number of carbonyl (C=O) groups excluding carboxylic acids is 1. The van der Waals surface area contributed by atoms with Crippen LogP contribution in [-0.4, -0.2) is 44.5 Å². The fourth-order valence-electron chi connectivity index (χ4n) is 1.65. The molecular weight excluding hydrogens is 294 g/mol. The largest absolute Gasteiger partial charge is 0.383 e. The van der Waals surface area contributed by atoms with E-state index < -0.39 is 0 Å². The summed E-state index contributed by atoms with van der Waals surface area (Å²) >= 11 is 3.36. The van der Waals surface area contributed by atoms with Gasteiger partial charge in [0.05, 0.1) is 6.61 Å². The molecule has 18 heavy (non-hydrogen) atoms. The highest BCUT2D eigenvalue weighted by molar-refractivity contribution is 9.10. The highest BCUT2D eigenvalue weighted by Gasteiger charge is 2.06. The molecule has 0 heterocycles. The Hall–Kier alpha value is -0.710. The topological polar surface area (TPSA) is 29.5 Å². The lowest BCUT2D eigenvalue weighted by Crippen LogP contribution is -2.24. The maximum Gasteiger partial charge on any atom is 0.162 e. The quantitative estimate of drug-likeness (QED) is 0.691. The van der Waals surface area contributed by atoms with E-state index in [1.165, 1.54) is 0 Å². The van der Waals surface area contributed by atoms with E-state index in [0.29, 0.717) is 6.42 Å². The molecule has 0 aliphatic rings. The fourth-order valence-corrected chi connectivity index (χ4v) is 1.91. The van der Waals surface area contributed by atoms with Crippen LogP contribution in [0.5, 0.6) is 0 Å². The minimum Gasteiger partial charge on any atom is -0.383 e. The molecule has 1 aromatic carbocycles. The van der Waals surface area contributed by atoms with Crippen molar-refractivity contribution in [1.82, 2.24) is 4.90 Å². The maximum atomic E-state index is 11.9. The Kier molecular flexibility index (Phi) is 7.16. The highest BCUT2D eigenvalue weighted by atomic mass is 79.9. The van der Waals surface area contributed by atoms with Crippen LogP contribution in [0.25, 0.3) is 0 Å². The molecule has 0 amide bonds. The number of ketones is 1. The molecule has 0 spiro atoms. The summed E-state index contributed by atoms with van der Waals surface area (Å²) in [5, 5.41) is 0. The molecule has 0 bridgehead atoms. The summed E-state index contributed by atoms with van der Waals surface area (Å²) in [5.74, 6) is 0.211. The van der Waals surface area contributed by atoms with Crippen LogP contribution in [-0.2, 0) is 4.74 Å². The van der Waals surface area contributed by atoms with Crippen LogP contribution >= 0.6 is 15.9 Å². The van der Waals surface area contributed by atoms with E-state index in [9.17, 15) is 4.79 Å². The lowest BCUT2D eigenvalue weighted by atomic mass is 10.1. The molecule has 0 saturated carbocycles. The number of ether oxygens (including phenoxy) is 1. The molecule has 1 rings (SSSR count). The molecule has 0 radical (unpaired) electrons. The minimum atomic E-state index is 0.211. The Labute approximate surface area is 117 Å². The van der Waals surface area contributed by atoms with Gasteiger partial charge in [-0.25, -0.2) is 0 Å². The number of benzene rings is 1. The number of hydrogen-bond donors (Lipinski definition) is 0. The van der Waals surface area contributed by atoms with Crippen LogP contribution in [0.15, 0.2) is 28.7 Å². The fraction of sp³-hybridized carbons (Fsp3) is 0.500. The van der Waals surface area contributed by atoms with Crippen molar-refractivity contribution in [2.75, 3.05) is 33.9 Å². The van der Waals surface area contributed by atoms with Crippen LogP contribution in [0, 0.1) is 0 Å². The van der Waals surface area contributed by atoms with Gasteiger partial charge in [-0.2, -0.15) is 0 Å². The Morgan fingerprint density at radius 2 is 1.94 bits per heavy atom. The molecule has 0 unspecified atom stereocenters. The third kappa shape index (κ3) is 5.76. The molecule has 1 aromatic rings. The Morgan fingerprint density at radius 1 is 1.28 bits per heavy atom. The zero-order valence-corrected chi connectivity index (χ0v) is 12.6. The molecule has 0 atom stereocenters. The van der Waals surface area contributed by atoms with Crippen molar-refractivity contribution in [2.24, 2.45) is 0 Å². The van der Waals surface area contributed by atoms with Gasteiger partial charge in [-0.15, -0.1) is 0 Å². The van der Waals surface area contributed by atoms with Gasteiger partial charge in [0.1, 0.15) is 0 Å². The monoisotopic (exact) mass is 313 g/mol. The Morgan fingerprint density at radius 3 is 2.56 bits per heavy atom. The average molecular weight is 314 g/mol. The standard InChI is InChI=1S/C14H20BrNO2/c1-16(10-11-18-2)9-3-4-14(17)12-5-7-13(15)8-6-12/h5-8H,3-4,9-11H2,1-2H3. The molecule has 0 aliphatic heterocycles. The van der Waals surface area contributed by atoms with Crippen molar-refractivity contribution in [3.63, 3.8) is 0 Å². The van der Waals surface area contributed by atoms with E-state index in [1.807, 2.05) is 31.3 Å². The first-order chi connectivity index (χ1) is 8.63.